The van der Waals surface area contributed by atoms with Crippen LogP contribution in [-0.4, -0.2) is 69.0 Å². The van der Waals surface area contributed by atoms with E-state index in [4.69, 9.17) is 0 Å². The van der Waals surface area contributed by atoms with Crippen LogP contribution in [0.1, 0.15) is 22.3 Å². The van der Waals surface area contributed by atoms with Crippen LogP contribution < -0.4 is 0 Å². The van der Waals surface area contributed by atoms with Crippen molar-refractivity contribution in [2.75, 3.05) is 0 Å². The van der Waals surface area contributed by atoms with Gasteiger partial charge in [0.25, 0.3) is 0 Å². The quantitative estimate of drug-likeness (QED) is 0.101. The van der Waals surface area contributed by atoms with Gasteiger partial charge in [0.15, 0.2) is 11.2 Å². The van der Waals surface area contributed by atoms with E-state index in [1.54, 1.807) is 0 Å². The Bertz CT molecular complexity index is 2340. The van der Waals surface area contributed by atoms with E-state index in [0.29, 0.717) is 22.3 Å². The lowest BCUT2D eigenvalue weighted by atomic mass is 9.67. The molecule has 0 radical (unpaired) electrons. The molecule has 0 spiro atoms. The summed E-state index contributed by atoms with van der Waals surface area (Å²) in [6.45, 7) is 41.6. The first-order valence-corrected chi connectivity index (χ1v) is 52.3. The van der Waals surface area contributed by atoms with Crippen LogP contribution in [0.3, 0.4) is 0 Å². The summed E-state index contributed by atoms with van der Waals surface area (Å²) in [4.78, 5) is 0. The molecule has 0 bridgehead atoms. The molecule has 306 valence electrons. The van der Waals surface area contributed by atoms with E-state index in [1.165, 1.54) is 0 Å². The molecule has 5 aromatic carbocycles. The summed E-state index contributed by atoms with van der Waals surface area (Å²) in [6, 6.07) is 30.0. The summed E-state index contributed by atoms with van der Waals surface area (Å²) >= 11 is 0. The minimum absolute atomic E-state index is 0.688. The van der Waals surface area contributed by atoms with Gasteiger partial charge in [-0.1, -0.05) is 178 Å². The highest BCUT2D eigenvalue weighted by Crippen LogP contribution is 2.51. The first kappa shape index (κ1) is 45.2. The standard InChI is InChI=1S/C48H70O2Si8/c1-51(2,3)57(52(4,5)6,53(7,8)9)29-27-47(49)43-33-39-25-21-22-26-40(39)34-44(43)48(50,28-30-58(54(10,11)12,55(13,14)15)56(16,17)18)46-36-42-32-38-24-20-19-23-37(38)31-41(42)35-45(46)47/h19-26,31-36,49-50H,1-18H3. The van der Waals surface area contributed by atoms with Crippen molar-refractivity contribution in [1.29, 1.82) is 0 Å². The molecule has 2 N–H and O–H groups in total. The zero-order valence-electron chi connectivity index (χ0n) is 39.0. The van der Waals surface area contributed by atoms with Gasteiger partial charge in [-0.25, -0.2) is 0 Å². The molecule has 0 aromatic heterocycles. The van der Waals surface area contributed by atoms with Gasteiger partial charge in [-0.05, 0) is 68.7 Å². The van der Waals surface area contributed by atoms with Gasteiger partial charge in [0.1, 0.15) is 13.3 Å². The molecule has 1 aliphatic rings. The molecule has 5 aromatic rings. The van der Waals surface area contributed by atoms with Crippen LogP contribution in [0.4, 0.5) is 0 Å². The predicted molar refractivity (Wildman–Crippen MR) is 279 cm³/mol. The summed E-state index contributed by atoms with van der Waals surface area (Å²) in [5.41, 5.74) is 7.95. The van der Waals surface area contributed by atoms with Crippen molar-refractivity contribution in [2.24, 2.45) is 0 Å². The van der Waals surface area contributed by atoms with Crippen molar-refractivity contribution in [3.05, 3.63) is 107 Å². The largest absolute Gasteiger partial charge is 0.369 e. The van der Waals surface area contributed by atoms with E-state index in [1.807, 2.05) is 0 Å². The van der Waals surface area contributed by atoms with Gasteiger partial charge < -0.3 is 10.2 Å². The monoisotopic (exact) mass is 902 g/mol. The SMILES string of the molecule is C[Si](C)(C)[Si](C#CC1(O)c2cc3ccccc3cc2C(O)(C#C[Si]([Si](C)(C)C)([Si](C)(C)C)[Si](C)(C)C)c2cc3cc4ccccc4cc3cc21)([Si](C)(C)C)[Si](C)(C)C. The fourth-order valence-electron chi connectivity index (χ4n) is 13.2. The van der Waals surface area contributed by atoms with Crippen LogP contribution in [-0.2, 0) is 11.2 Å². The van der Waals surface area contributed by atoms with Crippen LogP contribution >= 0.6 is 0 Å². The Morgan fingerprint density at radius 1 is 0.328 bits per heavy atom. The van der Waals surface area contributed by atoms with Gasteiger partial charge in [-0.3, -0.25) is 0 Å². The fourth-order valence-corrected chi connectivity index (χ4v) is 200. The smallest absolute Gasteiger partial charge is 0.177 e. The van der Waals surface area contributed by atoms with E-state index < -0.39 is 70.0 Å². The molecule has 2 unspecified atom stereocenters. The first-order valence-electron chi connectivity index (χ1n) is 21.3. The molecule has 0 aliphatic heterocycles. The normalized spacial score (nSPS) is 19.6. The maximum absolute atomic E-state index is 14.0. The maximum atomic E-state index is 14.0. The van der Waals surface area contributed by atoms with Crippen molar-refractivity contribution in [2.45, 2.75) is 129 Å². The number of fused-ring (bicyclic) bond motifs is 5. The summed E-state index contributed by atoms with van der Waals surface area (Å²) in [6.07, 6.45) is 0. The molecule has 0 amide bonds. The van der Waals surface area contributed by atoms with Crippen LogP contribution in [0.15, 0.2) is 84.9 Å². The molecule has 1 aliphatic carbocycles. The molecule has 0 saturated heterocycles. The van der Waals surface area contributed by atoms with Gasteiger partial charge in [0, 0.05) is 67.8 Å². The molecule has 58 heavy (non-hydrogen) atoms. The lowest BCUT2D eigenvalue weighted by Crippen LogP contribution is -2.82. The average molecular weight is 904 g/mol. The Hall–Kier alpha value is -2.34. The first-order chi connectivity index (χ1) is 26.3. The summed E-state index contributed by atoms with van der Waals surface area (Å²) < 4.78 is 0. The maximum Gasteiger partial charge on any atom is 0.177 e. The minimum Gasteiger partial charge on any atom is -0.369 e. The zero-order valence-corrected chi connectivity index (χ0v) is 47.0. The highest BCUT2D eigenvalue weighted by molar-refractivity contribution is 7.92. The molecule has 6 rings (SSSR count). The van der Waals surface area contributed by atoms with E-state index >= 15 is 0 Å². The molecule has 0 saturated carbocycles. The molecule has 2 atom stereocenters. The minimum atomic E-state index is -2.23. The van der Waals surface area contributed by atoms with Crippen LogP contribution in [0, 0.1) is 22.9 Å². The Kier molecular flexibility index (Phi) is 11.0. The van der Waals surface area contributed by atoms with Crippen molar-refractivity contribution in [1.82, 2.24) is 0 Å². The van der Waals surface area contributed by atoms with Crippen molar-refractivity contribution >= 4 is 91.1 Å². The number of hydrogen-bond donors (Lipinski definition) is 2. The highest BCUT2D eigenvalue weighted by Gasteiger charge is 2.63. The van der Waals surface area contributed by atoms with Crippen LogP contribution in [0.25, 0.3) is 32.3 Å². The van der Waals surface area contributed by atoms with E-state index in [-0.39, 0.29) is 0 Å². The van der Waals surface area contributed by atoms with E-state index in [2.05, 4.69) is 226 Å². The van der Waals surface area contributed by atoms with Gasteiger partial charge >= 0.3 is 0 Å². The third kappa shape index (κ3) is 6.82. The molecule has 10 heteroatoms. The molecule has 0 fully saturated rings. The predicted octanol–water partition coefficient (Wildman–Crippen LogP) is 12.4. The Balaban J connectivity index is 1.87. The van der Waals surface area contributed by atoms with Crippen molar-refractivity contribution in [3.63, 3.8) is 0 Å². The lowest BCUT2D eigenvalue weighted by Gasteiger charge is -2.54. The molecule has 0 heterocycles. The van der Waals surface area contributed by atoms with Gasteiger partial charge in [-0.2, -0.15) is 0 Å². The lowest BCUT2D eigenvalue weighted by molar-refractivity contribution is 0.0950. The summed E-state index contributed by atoms with van der Waals surface area (Å²) in [5.74, 6) is 7.72. The topological polar surface area (TPSA) is 40.5 Å². The van der Waals surface area contributed by atoms with Gasteiger partial charge in [-0.15, -0.1) is 11.1 Å². The zero-order chi connectivity index (χ0) is 43.5. The van der Waals surface area contributed by atoms with Gasteiger partial charge in [0.05, 0.1) is 0 Å². The Labute approximate surface area is 358 Å². The number of benzene rings is 5. The van der Waals surface area contributed by atoms with E-state index in [0.717, 1.165) is 32.3 Å². The fraction of sp³-hybridized carbons (Fsp3) is 0.417. The molecular formula is C48H70O2Si8. The number of rotatable bonds is 6. The Morgan fingerprint density at radius 2 is 0.534 bits per heavy atom. The van der Waals surface area contributed by atoms with Gasteiger partial charge in [0.2, 0.25) is 0 Å². The van der Waals surface area contributed by atoms with E-state index in [9.17, 15) is 10.2 Å². The van der Waals surface area contributed by atoms with Crippen LogP contribution in [0.5, 0.6) is 0 Å². The van der Waals surface area contributed by atoms with Crippen molar-refractivity contribution in [3.8, 4) is 22.9 Å². The molecular weight excluding hydrogens is 833 g/mol. The average Bonchev–Trinajstić information content (AvgIpc) is 3.05. The second-order valence-electron chi connectivity index (χ2n) is 23.6. The summed E-state index contributed by atoms with van der Waals surface area (Å²) in [7, 11) is -10.9. The Morgan fingerprint density at radius 3 is 0.759 bits per heavy atom. The number of hydrogen-bond acceptors (Lipinski definition) is 2. The van der Waals surface area contributed by atoms with Crippen LogP contribution in [0.2, 0.25) is 118 Å². The third-order valence-electron chi connectivity index (χ3n) is 13.9. The molecule has 2 nitrogen and oxygen atoms in total. The second-order valence-corrected chi connectivity index (χ2v) is 104. The third-order valence-corrected chi connectivity index (χ3v) is 152. The highest BCUT2D eigenvalue weighted by atomic mass is 29.9. The number of aliphatic hydroxyl groups is 2. The second kappa shape index (κ2) is 14.1. The van der Waals surface area contributed by atoms with Crippen molar-refractivity contribution < 1.29 is 10.2 Å². The summed E-state index contributed by atoms with van der Waals surface area (Å²) in [5, 5.41) is 34.4.